The fourth-order valence-corrected chi connectivity index (χ4v) is 3.93. The molecule has 0 bridgehead atoms. The van der Waals surface area contributed by atoms with Gasteiger partial charge in [0.25, 0.3) is 0 Å². The lowest BCUT2D eigenvalue weighted by molar-refractivity contribution is 0.806. The molecule has 0 N–H and O–H groups in total. The van der Waals surface area contributed by atoms with E-state index >= 15 is 0 Å². The smallest absolute Gasteiger partial charge is 0.168 e. The lowest BCUT2D eigenvalue weighted by atomic mass is 9.92. The summed E-state index contributed by atoms with van der Waals surface area (Å²) in [6.07, 6.45) is 1.81. The maximum absolute atomic E-state index is 4.52. The Morgan fingerprint density at radius 3 is 1.94 bits per heavy atom. The van der Waals surface area contributed by atoms with Gasteiger partial charge in [0, 0.05) is 11.1 Å². The summed E-state index contributed by atoms with van der Waals surface area (Å²) in [4.78, 5) is 13.3. The summed E-state index contributed by atoms with van der Waals surface area (Å²) in [7, 11) is 0. The third-order valence-electron chi connectivity index (χ3n) is 5.37. The monoisotopic (exact) mass is 412 g/mol. The van der Waals surface area contributed by atoms with Crippen LogP contribution in [-0.2, 0) is 0 Å². The van der Waals surface area contributed by atoms with Crippen molar-refractivity contribution in [1.29, 1.82) is 0 Å². The van der Waals surface area contributed by atoms with E-state index in [2.05, 4.69) is 87.7 Å². The molecule has 2 heterocycles. The zero-order valence-electron chi connectivity index (χ0n) is 19.0. The van der Waals surface area contributed by atoms with Gasteiger partial charge in [-0.25, -0.2) is 15.0 Å². The van der Waals surface area contributed by atoms with Crippen LogP contribution in [0.25, 0.3) is 28.5 Å². The molecule has 0 fully saturated rings. The third kappa shape index (κ3) is 4.10. The molecule has 0 saturated carbocycles. The second-order valence-corrected chi connectivity index (χ2v) is 8.45. The van der Waals surface area contributed by atoms with Crippen molar-refractivity contribution in [3.05, 3.63) is 71.6 Å². The number of rotatable bonds is 5. The highest BCUT2D eigenvalue weighted by Crippen LogP contribution is 2.34. The van der Waals surface area contributed by atoms with Crippen LogP contribution in [0.3, 0.4) is 0 Å². The van der Waals surface area contributed by atoms with E-state index < -0.39 is 0 Å². The van der Waals surface area contributed by atoms with E-state index in [1.807, 2.05) is 32.3 Å². The molecular weight excluding hydrogens is 384 g/mol. The van der Waals surface area contributed by atoms with E-state index in [0.717, 1.165) is 17.0 Å². The quantitative estimate of drug-likeness (QED) is 0.424. The van der Waals surface area contributed by atoms with Crippen LogP contribution in [0.15, 0.2) is 48.8 Å². The number of aryl methyl sites for hydroxylation is 2. The van der Waals surface area contributed by atoms with Crippen molar-refractivity contribution in [2.75, 3.05) is 0 Å². The van der Waals surface area contributed by atoms with Gasteiger partial charge in [-0.2, -0.15) is 0 Å². The lowest BCUT2D eigenvalue weighted by Gasteiger charge is -2.21. The molecule has 2 aromatic carbocycles. The molecule has 0 radical (unpaired) electrons. The van der Waals surface area contributed by atoms with Crippen LogP contribution in [-0.4, -0.2) is 29.7 Å². The Kier molecular flexibility index (Phi) is 5.63. The van der Waals surface area contributed by atoms with E-state index in [9.17, 15) is 0 Å². The van der Waals surface area contributed by atoms with Gasteiger partial charge in [0.2, 0.25) is 0 Å². The maximum atomic E-state index is 4.52. The van der Waals surface area contributed by atoms with Gasteiger partial charge in [-0.3, -0.25) is 4.57 Å². The molecule has 158 valence electrons. The maximum Gasteiger partial charge on any atom is 0.168 e. The minimum Gasteiger partial charge on any atom is -0.281 e. The van der Waals surface area contributed by atoms with Crippen molar-refractivity contribution in [2.24, 2.45) is 0 Å². The summed E-state index contributed by atoms with van der Waals surface area (Å²) in [5, 5.41) is 8.77. The highest BCUT2D eigenvalue weighted by Gasteiger charge is 2.19. The van der Waals surface area contributed by atoms with E-state index in [4.69, 9.17) is 0 Å². The molecule has 6 nitrogen and oxygen atoms in total. The molecule has 0 amide bonds. The standard InChI is InChI=1S/C25H28N6/c1-15(2)21-11-8-12-22(16(3)4)23(21)31-14-26-30-25(31)20-10-7-9-19(13-20)24-28-17(5)27-18(6)29-24/h7-16H,1-6H3. The first-order valence-electron chi connectivity index (χ1n) is 10.7. The molecule has 0 aliphatic carbocycles. The van der Waals surface area contributed by atoms with Gasteiger partial charge >= 0.3 is 0 Å². The summed E-state index contributed by atoms with van der Waals surface area (Å²) in [6, 6.07) is 14.7. The molecule has 0 aliphatic rings. The van der Waals surface area contributed by atoms with Crippen LogP contribution in [0, 0.1) is 13.8 Å². The van der Waals surface area contributed by atoms with Crippen LogP contribution >= 0.6 is 0 Å². The first-order chi connectivity index (χ1) is 14.8. The van der Waals surface area contributed by atoms with Crippen LogP contribution < -0.4 is 0 Å². The Morgan fingerprint density at radius 2 is 1.32 bits per heavy atom. The predicted molar refractivity (Wildman–Crippen MR) is 123 cm³/mol. The largest absolute Gasteiger partial charge is 0.281 e. The first-order valence-corrected chi connectivity index (χ1v) is 10.7. The summed E-state index contributed by atoms with van der Waals surface area (Å²) in [6.45, 7) is 12.7. The van der Waals surface area contributed by atoms with Gasteiger partial charge in [-0.05, 0) is 42.9 Å². The van der Waals surface area contributed by atoms with Gasteiger partial charge in [-0.1, -0.05) is 64.1 Å². The van der Waals surface area contributed by atoms with Crippen molar-refractivity contribution in [2.45, 2.75) is 53.4 Å². The molecule has 4 rings (SSSR count). The van der Waals surface area contributed by atoms with Crippen molar-refractivity contribution >= 4 is 0 Å². The molecule has 0 saturated heterocycles. The summed E-state index contributed by atoms with van der Waals surface area (Å²) in [5.74, 6) is 3.66. The van der Waals surface area contributed by atoms with E-state index in [-0.39, 0.29) is 0 Å². The van der Waals surface area contributed by atoms with Crippen molar-refractivity contribution in [1.82, 2.24) is 29.7 Å². The molecule has 2 aromatic heterocycles. The van der Waals surface area contributed by atoms with E-state index in [1.54, 1.807) is 0 Å². The molecule has 0 aliphatic heterocycles. The fraction of sp³-hybridized carbons (Fsp3) is 0.320. The highest BCUT2D eigenvalue weighted by molar-refractivity contribution is 5.68. The Balaban J connectivity index is 1.88. The second kappa shape index (κ2) is 8.38. The average Bonchev–Trinajstić information content (AvgIpc) is 3.22. The Labute approximate surface area is 183 Å². The van der Waals surface area contributed by atoms with Crippen molar-refractivity contribution in [3.63, 3.8) is 0 Å². The van der Waals surface area contributed by atoms with E-state index in [0.29, 0.717) is 29.3 Å². The van der Waals surface area contributed by atoms with Crippen LogP contribution in [0.1, 0.15) is 62.3 Å². The normalized spacial score (nSPS) is 11.5. The summed E-state index contributed by atoms with van der Waals surface area (Å²) in [5.41, 5.74) is 5.64. The minimum absolute atomic E-state index is 0.381. The molecule has 0 spiro atoms. The predicted octanol–water partition coefficient (Wildman–Crippen LogP) is 5.65. The average molecular weight is 413 g/mol. The number of benzene rings is 2. The molecule has 31 heavy (non-hydrogen) atoms. The molecule has 6 heteroatoms. The Bertz CT molecular complexity index is 1180. The zero-order chi connectivity index (χ0) is 22.1. The summed E-state index contributed by atoms with van der Waals surface area (Å²) >= 11 is 0. The SMILES string of the molecule is Cc1nc(C)nc(-c2cccc(-c3nncn3-c3c(C(C)C)cccc3C(C)C)c2)n1. The first kappa shape index (κ1) is 20.8. The summed E-state index contributed by atoms with van der Waals surface area (Å²) < 4.78 is 2.12. The fourth-order valence-electron chi connectivity index (χ4n) is 3.93. The van der Waals surface area contributed by atoms with Gasteiger partial charge in [0.15, 0.2) is 11.6 Å². The van der Waals surface area contributed by atoms with Gasteiger partial charge in [0.05, 0.1) is 5.69 Å². The molecular formula is C25H28N6. The lowest BCUT2D eigenvalue weighted by Crippen LogP contribution is -2.08. The van der Waals surface area contributed by atoms with Crippen LogP contribution in [0.5, 0.6) is 0 Å². The van der Waals surface area contributed by atoms with Crippen molar-refractivity contribution < 1.29 is 0 Å². The van der Waals surface area contributed by atoms with Gasteiger partial charge in [-0.15, -0.1) is 10.2 Å². The number of nitrogens with zero attached hydrogens (tertiary/aromatic N) is 6. The van der Waals surface area contributed by atoms with Gasteiger partial charge in [0.1, 0.15) is 18.0 Å². The molecule has 0 atom stereocenters. The second-order valence-electron chi connectivity index (χ2n) is 8.45. The third-order valence-corrected chi connectivity index (χ3v) is 5.37. The minimum atomic E-state index is 0.381. The number of para-hydroxylation sites is 1. The van der Waals surface area contributed by atoms with Crippen LogP contribution in [0.4, 0.5) is 0 Å². The number of aromatic nitrogens is 6. The van der Waals surface area contributed by atoms with E-state index in [1.165, 1.54) is 16.8 Å². The molecule has 4 aromatic rings. The Morgan fingerprint density at radius 1 is 0.742 bits per heavy atom. The molecule has 0 unspecified atom stereocenters. The van der Waals surface area contributed by atoms with Crippen LogP contribution in [0.2, 0.25) is 0 Å². The Hall–Kier alpha value is -3.41. The topological polar surface area (TPSA) is 69.4 Å². The highest BCUT2D eigenvalue weighted by atomic mass is 15.3. The van der Waals surface area contributed by atoms with Crippen molar-refractivity contribution in [3.8, 4) is 28.5 Å². The number of hydrogen-bond donors (Lipinski definition) is 0. The zero-order valence-corrected chi connectivity index (χ0v) is 19.0. The van der Waals surface area contributed by atoms with Gasteiger partial charge < -0.3 is 0 Å². The number of hydrogen-bond acceptors (Lipinski definition) is 5.